The number of aromatic nitrogens is 4. The van der Waals surface area contributed by atoms with Gasteiger partial charge in [-0.3, -0.25) is 4.79 Å². The molecule has 32 heavy (non-hydrogen) atoms. The van der Waals surface area contributed by atoms with Crippen LogP contribution in [-0.2, 0) is 11.2 Å². The lowest BCUT2D eigenvalue weighted by Crippen LogP contribution is -2.27. The number of H-pyrrole nitrogens is 1. The van der Waals surface area contributed by atoms with E-state index in [2.05, 4.69) is 41.9 Å². The third kappa shape index (κ3) is 5.30. The molecule has 0 aliphatic rings. The summed E-state index contributed by atoms with van der Waals surface area (Å²) in [7, 11) is 1.63. The van der Waals surface area contributed by atoms with Crippen molar-refractivity contribution in [3.8, 4) is 17.1 Å². The smallest absolute Gasteiger partial charge is 0.255 e. The van der Waals surface area contributed by atoms with E-state index in [0.717, 1.165) is 21.3 Å². The van der Waals surface area contributed by atoms with Gasteiger partial charge in [-0.05, 0) is 59.7 Å². The minimum absolute atomic E-state index is 0.188. The number of rotatable bonds is 8. The van der Waals surface area contributed by atoms with Gasteiger partial charge in [0.2, 0.25) is 5.82 Å². The zero-order valence-corrected chi connectivity index (χ0v) is 18.8. The number of nitrogens with one attached hydrogen (secondary N) is 2. The number of carbonyl (C=O) groups is 1. The van der Waals surface area contributed by atoms with Crippen LogP contribution in [0.2, 0.25) is 0 Å². The van der Waals surface area contributed by atoms with Crippen molar-refractivity contribution in [1.82, 2.24) is 25.9 Å². The summed E-state index contributed by atoms with van der Waals surface area (Å²) in [6.45, 7) is 0.447. The van der Waals surface area contributed by atoms with E-state index >= 15 is 0 Å². The van der Waals surface area contributed by atoms with Gasteiger partial charge in [0, 0.05) is 16.6 Å². The Morgan fingerprint density at radius 1 is 1.12 bits per heavy atom. The first-order valence-electron chi connectivity index (χ1n) is 9.85. The molecule has 0 saturated carbocycles. The number of furan rings is 1. The van der Waals surface area contributed by atoms with Gasteiger partial charge in [-0.15, -0.1) is 10.2 Å². The van der Waals surface area contributed by atoms with Crippen LogP contribution in [0, 0.1) is 0 Å². The van der Waals surface area contributed by atoms with Crippen molar-refractivity contribution in [2.75, 3.05) is 13.7 Å². The Labute approximate surface area is 192 Å². The molecule has 4 rings (SSSR count). The van der Waals surface area contributed by atoms with E-state index in [4.69, 9.17) is 9.15 Å². The molecule has 0 radical (unpaired) electrons. The summed E-state index contributed by atoms with van der Waals surface area (Å²) in [5, 5.41) is 16.8. The summed E-state index contributed by atoms with van der Waals surface area (Å²) >= 11 is 3.42. The lowest BCUT2D eigenvalue weighted by molar-refractivity contribution is -0.115. The fraction of sp³-hybridized carbons (Fsp3) is 0.130. The Hall–Kier alpha value is -3.72. The number of aromatic amines is 1. The summed E-state index contributed by atoms with van der Waals surface area (Å²) < 4.78 is 12.1. The number of nitrogens with zero attached hydrogens (tertiary/aromatic N) is 3. The topological polar surface area (TPSA) is 106 Å². The molecule has 2 heterocycles. The zero-order chi connectivity index (χ0) is 22.3. The second-order valence-corrected chi connectivity index (χ2v) is 7.77. The fourth-order valence-corrected chi connectivity index (χ4v) is 3.32. The number of methoxy groups -OCH3 is 1. The predicted octanol–water partition coefficient (Wildman–Crippen LogP) is 4.13. The van der Waals surface area contributed by atoms with Crippen LogP contribution in [0.3, 0.4) is 0 Å². The first kappa shape index (κ1) is 21.5. The van der Waals surface area contributed by atoms with E-state index in [1.807, 2.05) is 54.6 Å². The molecule has 162 valence electrons. The van der Waals surface area contributed by atoms with Crippen LogP contribution in [0.1, 0.15) is 17.1 Å². The average Bonchev–Trinajstić information content (AvgIpc) is 3.51. The predicted molar refractivity (Wildman–Crippen MR) is 124 cm³/mol. The van der Waals surface area contributed by atoms with E-state index < -0.39 is 0 Å². The molecule has 0 spiro atoms. The van der Waals surface area contributed by atoms with E-state index in [9.17, 15) is 4.79 Å². The molecule has 0 atom stereocenters. The van der Waals surface area contributed by atoms with Gasteiger partial charge in [0.1, 0.15) is 17.3 Å². The Morgan fingerprint density at radius 2 is 1.91 bits per heavy atom. The minimum atomic E-state index is -0.318. The van der Waals surface area contributed by atoms with Gasteiger partial charge in [-0.2, -0.15) is 5.21 Å². The standard InChI is InChI=1S/C23H20BrN5O3/c1-31-18-8-2-15(3-9-18)12-13-25-23(30)20(22-26-28-29-27-22)14-19-10-11-21(32-19)16-4-6-17(24)7-5-16/h2-11,14H,12-13H2,1H3,(H,25,30)(H,26,27,28,29). The lowest BCUT2D eigenvalue weighted by Gasteiger charge is -2.07. The van der Waals surface area contributed by atoms with Crippen LogP contribution in [0.15, 0.2) is 69.6 Å². The minimum Gasteiger partial charge on any atom is -0.497 e. The molecule has 1 amide bonds. The fourth-order valence-electron chi connectivity index (χ4n) is 3.06. The van der Waals surface area contributed by atoms with Crippen LogP contribution in [0.5, 0.6) is 5.75 Å². The Bertz CT molecular complexity index is 1200. The van der Waals surface area contributed by atoms with Crippen molar-refractivity contribution in [2.24, 2.45) is 0 Å². The molecular formula is C23H20BrN5O3. The summed E-state index contributed by atoms with van der Waals surface area (Å²) in [5.41, 5.74) is 2.27. The molecule has 0 unspecified atom stereocenters. The van der Waals surface area contributed by atoms with Gasteiger partial charge in [0.05, 0.1) is 12.7 Å². The van der Waals surface area contributed by atoms with Gasteiger partial charge in [0.25, 0.3) is 5.91 Å². The highest BCUT2D eigenvalue weighted by Gasteiger charge is 2.17. The summed E-state index contributed by atoms with van der Waals surface area (Å²) in [6, 6.07) is 19.1. The molecule has 0 fully saturated rings. The van der Waals surface area contributed by atoms with Gasteiger partial charge in [-0.1, -0.05) is 40.2 Å². The first-order chi connectivity index (χ1) is 15.6. The summed E-state index contributed by atoms with van der Waals surface area (Å²) in [4.78, 5) is 12.9. The SMILES string of the molecule is COc1ccc(CCNC(=O)C(=Cc2ccc(-c3ccc(Br)cc3)o2)c2nn[nH]n2)cc1. The quantitative estimate of drug-likeness (QED) is 0.357. The van der Waals surface area contributed by atoms with Gasteiger partial charge >= 0.3 is 0 Å². The molecule has 2 N–H and O–H groups in total. The monoisotopic (exact) mass is 493 g/mol. The van der Waals surface area contributed by atoms with Gasteiger partial charge < -0.3 is 14.5 Å². The van der Waals surface area contributed by atoms with E-state index in [1.54, 1.807) is 19.3 Å². The van der Waals surface area contributed by atoms with Gasteiger partial charge in [-0.25, -0.2) is 0 Å². The number of hydrogen-bond acceptors (Lipinski definition) is 6. The second-order valence-electron chi connectivity index (χ2n) is 6.86. The van der Waals surface area contributed by atoms with Crippen molar-refractivity contribution in [3.63, 3.8) is 0 Å². The largest absolute Gasteiger partial charge is 0.497 e. The molecule has 2 aromatic carbocycles. The molecule has 9 heteroatoms. The van der Waals surface area contributed by atoms with Crippen LogP contribution in [0.4, 0.5) is 0 Å². The van der Waals surface area contributed by atoms with Gasteiger partial charge in [0.15, 0.2) is 0 Å². The molecular weight excluding hydrogens is 474 g/mol. The normalized spacial score (nSPS) is 11.4. The Morgan fingerprint density at radius 3 is 2.59 bits per heavy atom. The molecule has 4 aromatic rings. The number of carbonyl (C=O) groups excluding carboxylic acids is 1. The highest BCUT2D eigenvalue weighted by Crippen LogP contribution is 2.26. The van der Waals surface area contributed by atoms with Crippen molar-refractivity contribution in [2.45, 2.75) is 6.42 Å². The third-order valence-electron chi connectivity index (χ3n) is 4.73. The maximum Gasteiger partial charge on any atom is 0.255 e. The van der Waals surface area contributed by atoms with E-state index in [-0.39, 0.29) is 17.3 Å². The molecule has 0 bridgehead atoms. The lowest BCUT2D eigenvalue weighted by atomic mass is 10.1. The molecule has 0 saturated heterocycles. The Kier molecular flexibility index (Phi) is 6.76. The van der Waals surface area contributed by atoms with E-state index in [1.165, 1.54) is 0 Å². The van der Waals surface area contributed by atoms with Crippen molar-refractivity contribution in [1.29, 1.82) is 0 Å². The Balaban J connectivity index is 1.48. The van der Waals surface area contributed by atoms with Crippen molar-refractivity contribution in [3.05, 3.63) is 82.3 Å². The van der Waals surface area contributed by atoms with Crippen LogP contribution in [0.25, 0.3) is 23.0 Å². The average molecular weight is 494 g/mol. The zero-order valence-electron chi connectivity index (χ0n) is 17.2. The number of tetrazole rings is 1. The highest BCUT2D eigenvalue weighted by atomic mass is 79.9. The maximum absolute atomic E-state index is 12.9. The van der Waals surface area contributed by atoms with Crippen LogP contribution < -0.4 is 10.1 Å². The number of hydrogen-bond donors (Lipinski definition) is 2. The van der Waals surface area contributed by atoms with Crippen LogP contribution in [-0.4, -0.2) is 40.2 Å². The summed E-state index contributed by atoms with van der Waals surface area (Å²) in [5.74, 6) is 1.86. The molecule has 0 aliphatic heterocycles. The third-order valence-corrected chi connectivity index (χ3v) is 5.26. The number of halogens is 1. The summed E-state index contributed by atoms with van der Waals surface area (Å²) in [6.07, 6.45) is 2.28. The van der Waals surface area contributed by atoms with E-state index in [0.29, 0.717) is 24.5 Å². The highest BCUT2D eigenvalue weighted by molar-refractivity contribution is 9.10. The number of amides is 1. The maximum atomic E-state index is 12.9. The molecule has 8 nitrogen and oxygen atoms in total. The van der Waals surface area contributed by atoms with Crippen molar-refractivity contribution >= 4 is 33.5 Å². The molecule has 0 aliphatic carbocycles. The number of benzene rings is 2. The molecule has 2 aromatic heterocycles. The van der Waals surface area contributed by atoms with Crippen LogP contribution >= 0.6 is 15.9 Å². The first-order valence-corrected chi connectivity index (χ1v) is 10.6. The number of ether oxygens (including phenoxy) is 1. The van der Waals surface area contributed by atoms with Crippen molar-refractivity contribution < 1.29 is 13.9 Å². The second kappa shape index (κ2) is 10.1.